The Morgan fingerprint density at radius 3 is 2.59 bits per heavy atom. The monoisotopic (exact) mass is 310 g/mol. The maximum atomic E-state index is 12.7. The first-order valence-electron chi connectivity index (χ1n) is 6.40. The molecule has 2 rings (SSSR count). The van der Waals surface area contributed by atoms with Gasteiger partial charge in [0.2, 0.25) is 0 Å². The molecule has 2 aromatic rings. The lowest BCUT2D eigenvalue weighted by Crippen LogP contribution is -2.31. The summed E-state index contributed by atoms with van der Waals surface area (Å²) in [6.45, 7) is -0.0480. The number of pyridine rings is 1. The minimum Gasteiger partial charge on any atom is -0.355 e. The first-order chi connectivity index (χ1) is 10.3. The quantitative estimate of drug-likeness (QED) is 0.945. The van der Waals surface area contributed by atoms with Crippen LogP contribution in [0.4, 0.5) is 13.2 Å². The fraction of sp³-hybridized carbons (Fsp3) is 0.200. The van der Waals surface area contributed by atoms with E-state index < -0.39 is 23.2 Å². The van der Waals surface area contributed by atoms with Crippen molar-refractivity contribution in [2.45, 2.75) is 12.7 Å². The zero-order valence-corrected chi connectivity index (χ0v) is 11.6. The van der Waals surface area contributed by atoms with Crippen molar-refractivity contribution < 1.29 is 18.0 Å². The number of hydrogen-bond donors (Lipinski definition) is 1. The molecule has 0 aliphatic carbocycles. The molecule has 0 aliphatic rings. The minimum atomic E-state index is -4.44. The molecule has 0 saturated heterocycles. The second-order valence-corrected chi connectivity index (χ2v) is 4.63. The van der Waals surface area contributed by atoms with Gasteiger partial charge >= 0.3 is 6.18 Å². The van der Waals surface area contributed by atoms with Crippen LogP contribution in [0.2, 0.25) is 0 Å². The number of nitrogens with one attached hydrogen (secondary N) is 1. The molecule has 0 spiro atoms. The average Bonchev–Trinajstić information content (AvgIpc) is 2.48. The molecular weight excluding hydrogens is 297 g/mol. The Morgan fingerprint density at radius 1 is 1.23 bits per heavy atom. The molecule has 0 radical (unpaired) electrons. The summed E-state index contributed by atoms with van der Waals surface area (Å²) in [5.74, 6) is -0.539. The second-order valence-electron chi connectivity index (χ2n) is 4.63. The number of carbonyl (C=O) groups excluding carboxylic acids is 1. The summed E-state index contributed by atoms with van der Waals surface area (Å²) in [6.07, 6.45) is -3.01. The van der Waals surface area contributed by atoms with Gasteiger partial charge < -0.3 is 9.88 Å². The van der Waals surface area contributed by atoms with E-state index in [0.717, 1.165) is 12.1 Å². The number of benzene rings is 1. The van der Waals surface area contributed by atoms with E-state index in [-0.39, 0.29) is 12.1 Å². The van der Waals surface area contributed by atoms with Gasteiger partial charge in [0.05, 0.1) is 12.1 Å². The van der Waals surface area contributed by atoms with Crippen LogP contribution in [0, 0.1) is 0 Å². The van der Waals surface area contributed by atoms with Crippen molar-refractivity contribution in [3.05, 3.63) is 69.6 Å². The number of rotatable bonds is 3. The van der Waals surface area contributed by atoms with Gasteiger partial charge in [-0.05, 0) is 29.8 Å². The molecule has 0 bridgehead atoms. The Balaban J connectivity index is 2.36. The normalized spacial score (nSPS) is 11.3. The SMILES string of the molecule is CNC(=O)c1cccn(Cc2cccc(C(F)(F)F)c2)c1=O. The Labute approximate surface area is 124 Å². The zero-order chi connectivity index (χ0) is 16.3. The van der Waals surface area contributed by atoms with Crippen LogP contribution in [-0.4, -0.2) is 17.5 Å². The standard InChI is InChI=1S/C15H13F3N2O2/c1-19-13(21)12-6-3-7-20(14(12)22)9-10-4-2-5-11(8-10)15(16,17)18/h2-8H,9H2,1H3,(H,19,21). The maximum Gasteiger partial charge on any atom is 0.416 e. The lowest BCUT2D eigenvalue weighted by atomic mass is 10.1. The largest absolute Gasteiger partial charge is 0.416 e. The Kier molecular flexibility index (Phi) is 4.35. The van der Waals surface area contributed by atoms with Crippen LogP contribution in [0.25, 0.3) is 0 Å². The lowest BCUT2D eigenvalue weighted by molar-refractivity contribution is -0.137. The first-order valence-corrected chi connectivity index (χ1v) is 6.40. The van der Waals surface area contributed by atoms with E-state index in [2.05, 4.69) is 5.32 Å². The molecule has 0 atom stereocenters. The molecule has 1 aromatic carbocycles. The molecule has 7 heteroatoms. The summed E-state index contributed by atoms with van der Waals surface area (Å²) in [5.41, 5.74) is -1.07. The van der Waals surface area contributed by atoms with Crippen molar-refractivity contribution >= 4 is 5.91 Å². The van der Waals surface area contributed by atoms with Gasteiger partial charge in [-0.15, -0.1) is 0 Å². The third-order valence-electron chi connectivity index (χ3n) is 3.10. The predicted octanol–water partition coefficient (Wildman–Crippen LogP) is 2.28. The van der Waals surface area contributed by atoms with E-state index in [4.69, 9.17) is 0 Å². The fourth-order valence-corrected chi connectivity index (χ4v) is 2.01. The summed E-state index contributed by atoms with van der Waals surface area (Å²) >= 11 is 0. The Bertz CT molecular complexity index is 751. The van der Waals surface area contributed by atoms with Gasteiger partial charge in [-0.2, -0.15) is 13.2 Å². The highest BCUT2D eigenvalue weighted by atomic mass is 19.4. The van der Waals surface area contributed by atoms with Crippen molar-refractivity contribution in [3.63, 3.8) is 0 Å². The molecule has 0 fully saturated rings. The van der Waals surface area contributed by atoms with Crippen LogP contribution in [0.3, 0.4) is 0 Å². The smallest absolute Gasteiger partial charge is 0.355 e. The highest BCUT2D eigenvalue weighted by Gasteiger charge is 2.30. The third kappa shape index (κ3) is 3.36. The van der Waals surface area contributed by atoms with E-state index in [1.807, 2.05) is 0 Å². The van der Waals surface area contributed by atoms with Crippen LogP contribution in [0.1, 0.15) is 21.5 Å². The number of carbonyl (C=O) groups is 1. The minimum absolute atomic E-state index is 0.0480. The third-order valence-corrected chi connectivity index (χ3v) is 3.10. The topological polar surface area (TPSA) is 51.1 Å². The number of nitrogens with zero attached hydrogens (tertiary/aromatic N) is 1. The van der Waals surface area contributed by atoms with Crippen LogP contribution < -0.4 is 10.9 Å². The van der Waals surface area contributed by atoms with E-state index in [1.165, 1.54) is 42.1 Å². The number of alkyl halides is 3. The summed E-state index contributed by atoms with van der Waals surface area (Å²) in [5, 5.41) is 2.34. The van der Waals surface area contributed by atoms with Gasteiger partial charge in [-0.3, -0.25) is 9.59 Å². The zero-order valence-electron chi connectivity index (χ0n) is 11.6. The molecule has 1 aromatic heterocycles. The molecule has 0 saturated carbocycles. The first kappa shape index (κ1) is 15.8. The molecule has 1 heterocycles. The Hall–Kier alpha value is -2.57. The maximum absolute atomic E-state index is 12.7. The molecule has 0 aliphatic heterocycles. The van der Waals surface area contributed by atoms with Crippen molar-refractivity contribution in [3.8, 4) is 0 Å². The molecule has 22 heavy (non-hydrogen) atoms. The summed E-state index contributed by atoms with van der Waals surface area (Å²) < 4.78 is 39.2. The number of amides is 1. The summed E-state index contributed by atoms with van der Waals surface area (Å²) in [7, 11) is 1.39. The average molecular weight is 310 g/mol. The summed E-state index contributed by atoms with van der Waals surface area (Å²) in [6, 6.07) is 7.59. The van der Waals surface area contributed by atoms with E-state index >= 15 is 0 Å². The molecule has 0 unspecified atom stereocenters. The van der Waals surface area contributed by atoms with E-state index in [1.54, 1.807) is 0 Å². The van der Waals surface area contributed by atoms with Crippen LogP contribution in [0.15, 0.2) is 47.4 Å². The number of hydrogen-bond acceptors (Lipinski definition) is 2. The number of halogens is 3. The molecular formula is C15H13F3N2O2. The van der Waals surface area contributed by atoms with Gasteiger partial charge in [0.1, 0.15) is 5.56 Å². The van der Waals surface area contributed by atoms with Crippen molar-refractivity contribution in [2.24, 2.45) is 0 Å². The van der Waals surface area contributed by atoms with Gasteiger partial charge in [-0.1, -0.05) is 12.1 Å². The fourth-order valence-electron chi connectivity index (χ4n) is 2.01. The van der Waals surface area contributed by atoms with Crippen molar-refractivity contribution in [1.29, 1.82) is 0 Å². The highest BCUT2D eigenvalue weighted by Crippen LogP contribution is 2.29. The van der Waals surface area contributed by atoms with Crippen LogP contribution in [-0.2, 0) is 12.7 Å². The van der Waals surface area contributed by atoms with Crippen LogP contribution in [0.5, 0.6) is 0 Å². The van der Waals surface area contributed by atoms with Crippen molar-refractivity contribution in [1.82, 2.24) is 9.88 Å². The summed E-state index contributed by atoms with van der Waals surface area (Å²) in [4.78, 5) is 23.7. The molecule has 116 valence electrons. The van der Waals surface area contributed by atoms with Crippen molar-refractivity contribution in [2.75, 3.05) is 7.05 Å². The van der Waals surface area contributed by atoms with E-state index in [0.29, 0.717) is 5.56 Å². The van der Waals surface area contributed by atoms with E-state index in [9.17, 15) is 22.8 Å². The lowest BCUT2D eigenvalue weighted by Gasteiger charge is -2.11. The predicted molar refractivity (Wildman–Crippen MR) is 74.6 cm³/mol. The highest BCUT2D eigenvalue weighted by molar-refractivity contribution is 5.93. The van der Waals surface area contributed by atoms with Gasteiger partial charge in [0, 0.05) is 13.2 Å². The second kappa shape index (κ2) is 6.05. The molecule has 4 nitrogen and oxygen atoms in total. The molecule has 1 N–H and O–H groups in total. The molecule has 1 amide bonds. The Morgan fingerprint density at radius 2 is 1.95 bits per heavy atom. The van der Waals surface area contributed by atoms with Gasteiger partial charge in [0.15, 0.2) is 0 Å². The van der Waals surface area contributed by atoms with Crippen LogP contribution >= 0.6 is 0 Å². The van der Waals surface area contributed by atoms with Gasteiger partial charge in [-0.25, -0.2) is 0 Å². The number of aromatic nitrogens is 1. The van der Waals surface area contributed by atoms with Gasteiger partial charge in [0.25, 0.3) is 11.5 Å².